The molecule has 0 saturated heterocycles. The molecule has 0 radical (unpaired) electrons. The third-order valence-corrected chi connectivity index (χ3v) is 2.92. The average Bonchev–Trinajstić information content (AvgIpc) is 2.74. The molecule has 2 unspecified atom stereocenters. The predicted octanol–water partition coefficient (Wildman–Crippen LogP) is 3.71. The molecule has 3 nitrogen and oxygen atoms in total. The van der Waals surface area contributed by atoms with E-state index in [9.17, 15) is 0 Å². The maximum atomic E-state index is 6.07. The van der Waals surface area contributed by atoms with Gasteiger partial charge in [0.2, 0.25) is 0 Å². The number of rotatable bonds is 4. The number of halogens is 1. The Balaban J connectivity index is 2.25. The Bertz CT molecular complexity index is 522. The highest BCUT2D eigenvalue weighted by Crippen LogP contribution is 2.30. The lowest BCUT2D eigenvalue weighted by Gasteiger charge is -2.21. The van der Waals surface area contributed by atoms with Gasteiger partial charge in [0.1, 0.15) is 17.3 Å². The van der Waals surface area contributed by atoms with Gasteiger partial charge in [-0.05, 0) is 38.1 Å². The van der Waals surface area contributed by atoms with Gasteiger partial charge in [0, 0.05) is 6.04 Å². The van der Waals surface area contributed by atoms with Crippen LogP contribution in [0.3, 0.4) is 0 Å². The summed E-state index contributed by atoms with van der Waals surface area (Å²) in [6, 6.07) is 10.9. The van der Waals surface area contributed by atoms with Crippen LogP contribution in [0.1, 0.15) is 24.5 Å². The van der Waals surface area contributed by atoms with Crippen molar-refractivity contribution in [2.24, 2.45) is 5.73 Å². The summed E-state index contributed by atoms with van der Waals surface area (Å²) >= 11 is 6.07. The monoisotopic (exact) mass is 265 g/mol. The van der Waals surface area contributed by atoms with Crippen LogP contribution in [-0.4, -0.2) is 6.04 Å². The quantitative estimate of drug-likeness (QED) is 0.917. The fraction of sp³-hybridized carbons (Fsp3) is 0.286. The molecule has 0 saturated carbocycles. The summed E-state index contributed by atoms with van der Waals surface area (Å²) in [7, 11) is 0. The van der Waals surface area contributed by atoms with E-state index >= 15 is 0 Å². The van der Waals surface area contributed by atoms with Gasteiger partial charge in [0.25, 0.3) is 0 Å². The smallest absolute Gasteiger partial charge is 0.171 e. The summed E-state index contributed by atoms with van der Waals surface area (Å²) in [5, 5.41) is 0.562. The Morgan fingerprint density at radius 2 is 1.94 bits per heavy atom. The zero-order chi connectivity index (χ0) is 13.1. The zero-order valence-corrected chi connectivity index (χ0v) is 11.1. The first-order valence-electron chi connectivity index (χ1n) is 5.81. The van der Waals surface area contributed by atoms with Crippen molar-refractivity contribution >= 4 is 11.6 Å². The number of furan rings is 1. The van der Waals surface area contributed by atoms with E-state index in [0.29, 0.717) is 16.5 Å². The summed E-state index contributed by atoms with van der Waals surface area (Å²) in [6.45, 7) is 3.76. The lowest BCUT2D eigenvalue weighted by Crippen LogP contribution is -2.28. The minimum atomic E-state index is -0.349. The van der Waals surface area contributed by atoms with Gasteiger partial charge in [0.15, 0.2) is 6.10 Å². The average molecular weight is 266 g/mol. The molecule has 2 N–H and O–H groups in total. The van der Waals surface area contributed by atoms with Crippen LogP contribution in [0.5, 0.6) is 5.75 Å². The number of hydrogen-bond acceptors (Lipinski definition) is 3. The molecule has 4 heteroatoms. The third-order valence-electron chi connectivity index (χ3n) is 2.61. The second-order valence-corrected chi connectivity index (χ2v) is 4.68. The van der Waals surface area contributed by atoms with Gasteiger partial charge in [-0.25, -0.2) is 0 Å². The van der Waals surface area contributed by atoms with Crippen LogP contribution < -0.4 is 10.5 Å². The molecule has 1 aromatic heterocycles. The van der Waals surface area contributed by atoms with E-state index in [1.54, 1.807) is 6.07 Å². The second kappa shape index (κ2) is 5.46. The fourth-order valence-corrected chi connectivity index (χ4v) is 1.89. The summed E-state index contributed by atoms with van der Waals surface area (Å²) in [6.07, 6.45) is -0.349. The van der Waals surface area contributed by atoms with E-state index in [1.165, 1.54) is 0 Å². The van der Waals surface area contributed by atoms with Crippen LogP contribution in [0.4, 0.5) is 0 Å². The van der Waals surface area contributed by atoms with Gasteiger partial charge in [-0.2, -0.15) is 0 Å². The summed E-state index contributed by atoms with van der Waals surface area (Å²) in [5.74, 6) is 2.15. The van der Waals surface area contributed by atoms with Crippen molar-refractivity contribution in [3.63, 3.8) is 0 Å². The van der Waals surface area contributed by atoms with E-state index in [-0.39, 0.29) is 12.1 Å². The molecule has 0 bridgehead atoms. The molecule has 0 spiro atoms. The molecule has 0 aliphatic rings. The maximum Gasteiger partial charge on any atom is 0.171 e. The zero-order valence-electron chi connectivity index (χ0n) is 10.4. The van der Waals surface area contributed by atoms with Crippen LogP contribution in [0, 0.1) is 6.92 Å². The topological polar surface area (TPSA) is 48.4 Å². The Kier molecular flexibility index (Phi) is 3.94. The van der Waals surface area contributed by atoms with Crippen molar-refractivity contribution in [2.45, 2.75) is 26.0 Å². The largest absolute Gasteiger partial charge is 0.479 e. The Morgan fingerprint density at radius 1 is 1.22 bits per heavy atom. The van der Waals surface area contributed by atoms with E-state index in [0.717, 1.165) is 5.76 Å². The van der Waals surface area contributed by atoms with Crippen molar-refractivity contribution in [3.8, 4) is 5.75 Å². The molecule has 0 aliphatic heterocycles. The first-order chi connectivity index (χ1) is 8.58. The molecule has 0 fully saturated rings. The van der Waals surface area contributed by atoms with Crippen molar-refractivity contribution in [1.82, 2.24) is 0 Å². The van der Waals surface area contributed by atoms with Crippen molar-refractivity contribution < 1.29 is 9.15 Å². The predicted molar refractivity (Wildman–Crippen MR) is 71.9 cm³/mol. The lowest BCUT2D eigenvalue weighted by atomic mass is 10.1. The fourth-order valence-electron chi connectivity index (χ4n) is 1.71. The summed E-state index contributed by atoms with van der Waals surface area (Å²) in [5.41, 5.74) is 5.95. The van der Waals surface area contributed by atoms with Crippen LogP contribution in [0.25, 0.3) is 0 Å². The molecule has 96 valence electrons. The van der Waals surface area contributed by atoms with Gasteiger partial charge in [-0.1, -0.05) is 23.7 Å². The first-order valence-corrected chi connectivity index (χ1v) is 6.19. The summed E-state index contributed by atoms with van der Waals surface area (Å²) in [4.78, 5) is 0. The minimum absolute atomic E-state index is 0.202. The van der Waals surface area contributed by atoms with Crippen molar-refractivity contribution in [1.29, 1.82) is 0 Å². The van der Waals surface area contributed by atoms with Gasteiger partial charge < -0.3 is 14.9 Å². The number of benzene rings is 1. The van der Waals surface area contributed by atoms with Crippen LogP contribution in [0.15, 0.2) is 40.8 Å². The highest BCUT2D eigenvalue weighted by Gasteiger charge is 2.22. The van der Waals surface area contributed by atoms with Gasteiger partial charge in [0.05, 0.1) is 5.02 Å². The highest BCUT2D eigenvalue weighted by molar-refractivity contribution is 6.32. The van der Waals surface area contributed by atoms with Crippen LogP contribution in [-0.2, 0) is 0 Å². The number of aryl methyl sites for hydroxylation is 1. The second-order valence-electron chi connectivity index (χ2n) is 4.28. The van der Waals surface area contributed by atoms with Crippen LogP contribution >= 0.6 is 11.6 Å². The molecule has 2 aromatic rings. The minimum Gasteiger partial charge on any atom is -0.479 e. The van der Waals surface area contributed by atoms with E-state index in [2.05, 4.69) is 0 Å². The number of nitrogens with two attached hydrogens (primary N) is 1. The van der Waals surface area contributed by atoms with Crippen molar-refractivity contribution in [2.75, 3.05) is 0 Å². The highest BCUT2D eigenvalue weighted by atomic mass is 35.5. The molecule has 18 heavy (non-hydrogen) atoms. The number of ether oxygens (including phenoxy) is 1. The standard InChI is InChI=1S/C14H16ClNO2/c1-9-7-8-13(17-9)14(10(2)16)18-12-6-4-3-5-11(12)15/h3-8,10,14H,16H2,1-2H3. The van der Waals surface area contributed by atoms with Gasteiger partial charge in [-0.15, -0.1) is 0 Å². The summed E-state index contributed by atoms with van der Waals surface area (Å²) < 4.78 is 11.4. The molecule has 1 heterocycles. The van der Waals surface area contributed by atoms with E-state index < -0.39 is 0 Å². The SMILES string of the molecule is Cc1ccc(C(Oc2ccccc2Cl)C(C)N)o1. The molecule has 2 rings (SSSR count). The molecule has 1 aromatic carbocycles. The van der Waals surface area contributed by atoms with Crippen molar-refractivity contribution in [3.05, 3.63) is 52.9 Å². The first kappa shape index (κ1) is 13.0. The third kappa shape index (κ3) is 2.86. The normalized spacial score (nSPS) is 14.2. The van der Waals surface area contributed by atoms with Gasteiger partial charge in [-0.3, -0.25) is 0 Å². The number of hydrogen-bond donors (Lipinski definition) is 1. The molecular weight excluding hydrogens is 250 g/mol. The van der Waals surface area contributed by atoms with Gasteiger partial charge >= 0.3 is 0 Å². The Hall–Kier alpha value is -1.45. The Labute approximate surface area is 111 Å². The van der Waals surface area contributed by atoms with Crippen LogP contribution in [0.2, 0.25) is 5.02 Å². The van der Waals surface area contributed by atoms with E-state index in [1.807, 2.05) is 44.2 Å². The lowest BCUT2D eigenvalue weighted by molar-refractivity contribution is 0.152. The molecule has 0 aliphatic carbocycles. The molecule has 2 atom stereocenters. The maximum absolute atomic E-state index is 6.07. The number of para-hydroxylation sites is 1. The molecular formula is C14H16ClNO2. The Morgan fingerprint density at radius 3 is 2.50 bits per heavy atom. The van der Waals surface area contributed by atoms with E-state index in [4.69, 9.17) is 26.5 Å². The molecule has 0 amide bonds.